The Labute approximate surface area is 90.8 Å². The van der Waals surface area contributed by atoms with Gasteiger partial charge in [-0.25, -0.2) is 14.0 Å². The third-order valence-electron chi connectivity index (χ3n) is 2.00. The molecule has 0 aliphatic heterocycles. The number of esters is 1. The van der Waals surface area contributed by atoms with E-state index in [0.29, 0.717) is 0 Å². The number of anilines is 1. The molecule has 0 atom stereocenters. The average molecular weight is 227 g/mol. The number of benzene rings is 1. The first-order chi connectivity index (χ1) is 7.51. The first kappa shape index (κ1) is 12.0. The Hall–Kier alpha value is -2.11. The lowest BCUT2D eigenvalue weighted by Gasteiger charge is -2.09. The fraction of sp³-hybridized carbons (Fsp3) is 0.200. The zero-order valence-electron chi connectivity index (χ0n) is 8.70. The van der Waals surface area contributed by atoms with Gasteiger partial charge in [0.05, 0.1) is 18.4 Å². The Morgan fingerprint density at radius 3 is 2.50 bits per heavy atom. The van der Waals surface area contributed by atoms with Crippen molar-refractivity contribution in [3.63, 3.8) is 0 Å². The molecule has 2 N–H and O–H groups in total. The number of carbonyl (C=O) groups is 2. The molecular weight excluding hydrogens is 217 g/mol. The van der Waals surface area contributed by atoms with Gasteiger partial charge >= 0.3 is 11.9 Å². The Kier molecular flexibility index (Phi) is 3.44. The molecule has 0 aliphatic rings. The molecule has 0 aromatic heterocycles. The second-order valence-corrected chi connectivity index (χ2v) is 2.93. The third kappa shape index (κ3) is 2.10. The first-order valence-electron chi connectivity index (χ1n) is 4.34. The van der Waals surface area contributed by atoms with E-state index >= 15 is 0 Å². The van der Waals surface area contributed by atoms with Crippen molar-refractivity contribution in [3.8, 4) is 0 Å². The maximum atomic E-state index is 13.5. The second kappa shape index (κ2) is 4.61. The summed E-state index contributed by atoms with van der Waals surface area (Å²) in [5.41, 5.74) is -0.478. The van der Waals surface area contributed by atoms with Crippen molar-refractivity contribution in [2.24, 2.45) is 0 Å². The highest BCUT2D eigenvalue weighted by atomic mass is 19.1. The van der Waals surface area contributed by atoms with E-state index in [4.69, 9.17) is 5.11 Å². The second-order valence-electron chi connectivity index (χ2n) is 2.93. The maximum absolute atomic E-state index is 13.5. The van der Waals surface area contributed by atoms with E-state index < -0.39 is 17.8 Å². The molecule has 0 amide bonds. The van der Waals surface area contributed by atoms with Crippen LogP contribution in [-0.4, -0.2) is 31.2 Å². The molecule has 1 aromatic carbocycles. The van der Waals surface area contributed by atoms with Crippen LogP contribution in [0.15, 0.2) is 12.1 Å². The fourth-order valence-electron chi connectivity index (χ4n) is 1.24. The summed E-state index contributed by atoms with van der Waals surface area (Å²) in [6.45, 7) is 0. The molecule has 0 heterocycles. The minimum absolute atomic E-state index is 0.0734. The van der Waals surface area contributed by atoms with Crippen molar-refractivity contribution in [2.75, 3.05) is 19.5 Å². The van der Waals surface area contributed by atoms with Gasteiger partial charge in [0, 0.05) is 7.05 Å². The molecule has 0 radical (unpaired) electrons. The van der Waals surface area contributed by atoms with E-state index in [2.05, 4.69) is 10.1 Å². The largest absolute Gasteiger partial charge is 0.478 e. The molecule has 16 heavy (non-hydrogen) atoms. The summed E-state index contributed by atoms with van der Waals surface area (Å²) >= 11 is 0. The molecule has 1 rings (SSSR count). The SMILES string of the molecule is CNc1cc(C(=O)O)cc(F)c1C(=O)OC. The summed E-state index contributed by atoms with van der Waals surface area (Å²) in [7, 11) is 2.57. The summed E-state index contributed by atoms with van der Waals surface area (Å²) in [6.07, 6.45) is 0. The van der Waals surface area contributed by atoms with Crippen molar-refractivity contribution < 1.29 is 23.8 Å². The zero-order chi connectivity index (χ0) is 12.3. The number of nitrogens with one attached hydrogen (secondary N) is 1. The van der Waals surface area contributed by atoms with Crippen molar-refractivity contribution in [1.29, 1.82) is 0 Å². The van der Waals surface area contributed by atoms with Crippen LogP contribution in [-0.2, 0) is 4.74 Å². The van der Waals surface area contributed by atoms with Crippen LogP contribution in [0.25, 0.3) is 0 Å². The highest BCUT2D eigenvalue weighted by Gasteiger charge is 2.20. The van der Waals surface area contributed by atoms with Crippen LogP contribution in [0.3, 0.4) is 0 Å². The van der Waals surface area contributed by atoms with Crippen LogP contribution < -0.4 is 5.32 Å². The van der Waals surface area contributed by atoms with Crippen LogP contribution >= 0.6 is 0 Å². The number of halogens is 1. The summed E-state index contributed by atoms with van der Waals surface area (Å²) < 4.78 is 17.9. The van der Waals surface area contributed by atoms with Gasteiger partial charge in [-0.1, -0.05) is 0 Å². The van der Waals surface area contributed by atoms with Crippen LogP contribution in [0.4, 0.5) is 10.1 Å². The van der Waals surface area contributed by atoms with E-state index in [0.717, 1.165) is 19.2 Å². The van der Waals surface area contributed by atoms with Gasteiger partial charge in [-0.05, 0) is 12.1 Å². The number of rotatable bonds is 3. The molecule has 0 saturated heterocycles. The Morgan fingerprint density at radius 2 is 2.06 bits per heavy atom. The van der Waals surface area contributed by atoms with E-state index in [1.807, 2.05) is 0 Å². The lowest BCUT2D eigenvalue weighted by atomic mass is 10.1. The smallest absolute Gasteiger partial charge is 0.342 e. The Balaban J connectivity index is 3.40. The van der Waals surface area contributed by atoms with Gasteiger partial charge in [-0.3, -0.25) is 0 Å². The molecule has 0 bridgehead atoms. The molecule has 5 nitrogen and oxygen atoms in total. The predicted molar refractivity (Wildman–Crippen MR) is 54.2 cm³/mol. The maximum Gasteiger partial charge on any atom is 0.342 e. The van der Waals surface area contributed by atoms with Crippen LogP contribution in [0, 0.1) is 5.82 Å². The molecule has 0 aliphatic carbocycles. The molecule has 0 saturated carbocycles. The molecule has 86 valence electrons. The molecule has 0 fully saturated rings. The van der Waals surface area contributed by atoms with Crippen molar-refractivity contribution in [1.82, 2.24) is 0 Å². The minimum Gasteiger partial charge on any atom is -0.478 e. The van der Waals surface area contributed by atoms with E-state index in [9.17, 15) is 14.0 Å². The van der Waals surface area contributed by atoms with E-state index in [1.165, 1.54) is 7.05 Å². The summed E-state index contributed by atoms with van der Waals surface area (Å²) in [5, 5.41) is 11.2. The average Bonchev–Trinajstić information content (AvgIpc) is 2.26. The first-order valence-corrected chi connectivity index (χ1v) is 4.34. The number of hydrogen-bond donors (Lipinski definition) is 2. The number of ether oxygens (including phenoxy) is 1. The highest BCUT2D eigenvalue weighted by molar-refractivity contribution is 5.98. The van der Waals surface area contributed by atoms with Crippen molar-refractivity contribution in [2.45, 2.75) is 0 Å². The molecule has 0 unspecified atom stereocenters. The van der Waals surface area contributed by atoms with Gasteiger partial charge in [-0.15, -0.1) is 0 Å². The lowest BCUT2D eigenvalue weighted by molar-refractivity contribution is 0.0594. The van der Waals surface area contributed by atoms with Crippen molar-refractivity contribution in [3.05, 3.63) is 29.1 Å². The highest BCUT2D eigenvalue weighted by Crippen LogP contribution is 2.22. The number of carboxylic acids is 1. The van der Waals surface area contributed by atoms with Gasteiger partial charge in [-0.2, -0.15) is 0 Å². The van der Waals surface area contributed by atoms with Crippen LogP contribution in [0.5, 0.6) is 0 Å². The van der Waals surface area contributed by atoms with Crippen molar-refractivity contribution >= 4 is 17.6 Å². The number of methoxy groups -OCH3 is 1. The molecule has 1 aromatic rings. The summed E-state index contributed by atoms with van der Waals surface area (Å²) in [5.74, 6) is -3.07. The van der Waals surface area contributed by atoms with E-state index in [1.54, 1.807) is 0 Å². The van der Waals surface area contributed by atoms with Crippen LogP contribution in [0.1, 0.15) is 20.7 Å². The van der Waals surface area contributed by atoms with Gasteiger partial charge in [0.1, 0.15) is 11.4 Å². The number of aromatic carboxylic acids is 1. The fourth-order valence-corrected chi connectivity index (χ4v) is 1.24. The monoisotopic (exact) mass is 227 g/mol. The molecular formula is C10H10FNO4. The minimum atomic E-state index is -1.27. The summed E-state index contributed by atoms with van der Waals surface area (Å²) in [6, 6.07) is 1.94. The molecule has 0 spiro atoms. The molecule has 6 heteroatoms. The topological polar surface area (TPSA) is 75.6 Å². The standard InChI is InChI=1S/C10H10FNO4/c1-12-7-4-5(9(13)14)3-6(11)8(7)10(15)16-2/h3-4,12H,1-2H3,(H,13,14). The van der Waals surface area contributed by atoms with Gasteiger partial charge in [0.15, 0.2) is 0 Å². The third-order valence-corrected chi connectivity index (χ3v) is 2.00. The van der Waals surface area contributed by atoms with Crippen LogP contribution in [0.2, 0.25) is 0 Å². The normalized spacial score (nSPS) is 9.69. The Bertz CT molecular complexity index is 445. The van der Waals surface area contributed by atoms with E-state index in [-0.39, 0.29) is 16.8 Å². The summed E-state index contributed by atoms with van der Waals surface area (Å²) in [4.78, 5) is 21.9. The van der Waals surface area contributed by atoms with Gasteiger partial charge in [0.25, 0.3) is 0 Å². The number of hydrogen-bond acceptors (Lipinski definition) is 4. The van der Waals surface area contributed by atoms with Gasteiger partial charge in [0.2, 0.25) is 0 Å². The quantitative estimate of drug-likeness (QED) is 0.762. The number of carboxylic acid groups (broad SMARTS) is 1. The predicted octanol–water partition coefficient (Wildman–Crippen LogP) is 1.35. The zero-order valence-corrected chi connectivity index (χ0v) is 8.70. The van der Waals surface area contributed by atoms with Gasteiger partial charge < -0.3 is 15.2 Å². The number of carbonyl (C=O) groups excluding carboxylic acids is 1. The lowest BCUT2D eigenvalue weighted by Crippen LogP contribution is -2.11. The Morgan fingerprint density at radius 1 is 1.44 bits per heavy atom.